The molecule has 0 N–H and O–H groups in total. The summed E-state index contributed by atoms with van der Waals surface area (Å²) in [5.74, 6) is -0.915. The van der Waals surface area contributed by atoms with Crippen LogP contribution in [0.3, 0.4) is 0 Å². The quantitative estimate of drug-likeness (QED) is 0.688. The maximum absolute atomic E-state index is 12.5. The van der Waals surface area contributed by atoms with Crippen LogP contribution in [0.2, 0.25) is 5.02 Å². The van der Waals surface area contributed by atoms with Crippen LogP contribution in [0.4, 0.5) is 0 Å². The molecular weight excluding hydrogens is 326 g/mol. The second kappa shape index (κ2) is 9.07. The van der Waals surface area contributed by atoms with Crippen molar-refractivity contribution in [2.24, 2.45) is 5.92 Å². The minimum absolute atomic E-state index is 0.0556. The van der Waals surface area contributed by atoms with E-state index in [2.05, 4.69) is 0 Å². The first-order chi connectivity index (χ1) is 11.1. The molecule has 1 atom stereocenters. The highest BCUT2D eigenvalue weighted by Gasteiger charge is 2.28. The predicted molar refractivity (Wildman–Crippen MR) is 97.1 cm³/mol. The number of nitrogens with zero attached hydrogens (tertiary/aromatic N) is 1. The van der Waals surface area contributed by atoms with Gasteiger partial charge in [-0.25, -0.2) is 0 Å². The molecule has 1 aromatic rings. The Morgan fingerprint density at radius 1 is 1.00 bits per heavy atom. The molecule has 0 aliphatic rings. The predicted octanol–water partition coefficient (Wildman–Crippen LogP) is 4.27. The number of hydrogen-bond acceptors (Lipinski definition) is 3. The van der Waals surface area contributed by atoms with Crippen molar-refractivity contribution < 1.29 is 14.3 Å². The van der Waals surface area contributed by atoms with Crippen molar-refractivity contribution in [2.45, 2.75) is 59.5 Å². The Morgan fingerprint density at radius 3 is 1.92 bits per heavy atom. The van der Waals surface area contributed by atoms with Gasteiger partial charge in [0.1, 0.15) is 0 Å². The Morgan fingerprint density at radius 2 is 1.50 bits per heavy atom. The number of carbonyl (C=O) groups excluding carboxylic acids is 2. The lowest BCUT2D eigenvalue weighted by atomic mass is 9.88. The van der Waals surface area contributed by atoms with Crippen molar-refractivity contribution >= 4 is 23.5 Å². The molecule has 0 spiro atoms. The third-order valence-electron chi connectivity index (χ3n) is 3.89. The maximum atomic E-state index is 12.5. The molecule has 5 heteroatoms. The fourth-order valence-electron chi connectivity index (χ4n) is 2.93. The minimum atomic E-state index is -0.415. The van der Waals surface area contributed by atoms with E-state index in [1.807, 2.05) is 53.7 Å². The summed E-state index contributed by atoms with van der Waals surface area (Å²) < 4.78 is 5.33. The molecule has 0 unspecified atom stereocenters. The number of hydrogen-bond donors (Lipinski definition) is 0. The number of carbonyl (C=O) groups is 2. The smallest absolute Gasteiger partial charge is 0.314 e. The summed E-state index contributed by atoms with van der Waals surface area (Å²) in [6.07, 6.45) is 0. The van der Waals surface area contributed by atoms with Crippen molar-refractivity contribution in [3.8, 4) is 0 Å². The normalized spacial score (nSPS) is 12.6. The summed E-state index contributed by atoms with van der Waals surface area (Å²) in [4.78, 5) is 26.6. The molecule has 1 amide bonds. The van der Waals surface area contributed by atoms with Gasteiger partial charge in [-0.05, 0) is 51.3 Å². The Hall–Kier alpha value is -1.55. The molecule has 0 fully saturated rings. The molecule has 1 rings (SSSR count). The Kier molecular flexibility index (Phi) is 7.74. The first kappa shape index (κ1) is 20.5. The second-order valence-corrected chi connectivity index (χ2v) is 7.31. The molecule has 0 aliphatic carbocycles. The molecule has 0 aromatic heterocycles. The van der Waals surface area contributed by atoms with Gasteiger partial charge in [0.05, 0.1) is 5.92 Å². The Bertz CT molecular complexity index is 544. The number of benzene rings is 1. The third-order valence-corrected chi connectivity index (χ3v) is 4.14. The zero-order chi connectivity index (χ0) is 18.4. The van der Waals surface area contributed by atoms with E-state index in [0.29, 0.717) is 5.02 Å². The van der Waals surface area contributed by atoms with E-state index in [1.165, 1.54) is 0 Å². The van der Waals surface area contributed by atoms with Gasteiger partial charge in [-0.15, -0.1) is 0 Å². The van der Waals surface area contributed by atoms with Gasteiger partial charge in [-0.3, -0.25) is 9.59 Å². The van der Waals surface area contributed by atoms with E-state index in [1.54, 1.807) is 17.0 Å². The lowest BCUT2D eigenvalue weighted by Gasteiger charge is -2.30. The summed E-state index contributed by atoms with van der Waals surface area (Å²) >= 11 is 5.91. The molecule has 0 heterocycles. The number of esters is 1. The average molecular weight is 354 g/mol. The molecule has 0 saturated heterocycles. The molecule has 1 aromatic carbocycles. The van der Waals surface area contributed by atoms with Crippen LogP contribution in [-0.2, 0) is 14.3 Å². The average Bonchev–Trinajstić information content (AvgIpc) is 2.46. The molecular formula is C19H28ClNO3. The van der Waals surface area contributed by atoms with E-state index in [9.17, 15) is 9.59 Å². The summed E-state index contributed by atoms with van der Waals surface area (Å²) in [6, 6.07) is 7.28. The van der Waals surface area contributed by atoms with Gasteiger partial charge in [0.15, 0.2) is 6.61 Å². The van der Waals surface area contributed by atoms with Gasteiger partial charge in [0.2, 0.25) is 0 Å². The van der Waals surface area contributed by atoms with Gasteiger partial charge >= 0.3 is 5.97 Å². The van der Waals surface area contributed by atoms with Crippen molar-refractivity contribution in [1.82, 2.24) is 4.90 Å². The van der Waals surface area contributed by atoms with Crippen LogP contribution >= 0.6 is 11.6 Å². The van der Waals surface area contributed by atoms with Crippen LogP contribution in [-0.4, -0.2) is 35.5 Å². The summed E-state index contributed by atoms with van der Waals surface area (Å²) in [5.41, 5.74) is 0.844. The number of ether oxygens (including phenoxy) is 1. The van der Waals surface area contributed by atoms with E-state index < -0.39 is 5.92 Å². The summed E-state index contributed by atoms with van der Waals surface area (Å²) in [5, 5.41) is 0.620. The number of halogens is 1. The number of rotatable bonds is 7. The largest absolute Gasteiger partial charge is 0.455 e. The van der Waals surface area contributed by atoms with Crippen molar-refractivity contribution in [2.75, 3.05) is 6.61 Å². The van der Waals surface area contributed by atoms with Crippen LogP contribution in [0, 0.1) is 5.92 Å². The van der Waals surface area contributed by atoms with Crippen LogP contribution in [0.1, 0.15) is 53.0 Å². The molecule has 0 aliphatic heterocycles. The highest BCUT2D eigenvalue weighted by molar-refractivity contribution is 6.30. The van der Waals surface area contributed by atoms with Crippen LogP contribution in [0.25, 0.3) is 0 Å². The molecule has 0 saturated carbocycles. The van der Waals surface area contributed by atoms with Crippen molar-refractivity contribution in [3.05, 3.63) is 34.9 Å². The van der Waals surface area contributed by atoms with Gasteiger partial charge in [-0.1, -0.05) is 37.6 Å². The molecule has 24 heavy (non-hydrogen) atoms. The summed E-state index contributed by atoms with van der Waals surface area (Å²) in [6.45, 7) is 11.5. The lowest BCUT2D eigenvalue weighted by Crippen LogP contribution is -2.44. The topological polar surface area (TPSA) is 46.6 Å². The van der Waals surface area contributed by atoms with Gasteiger partial charge in [-0.2, -0.15) is 0 Å². The van der Waals surface area contributed by atoms with E-state index in [-0.39, 0.29) is 36.5 Å². The number of amides is 1. The Balaban J connectivity index is 2.80. The highest BCUT2D eigenvalue weighted by atomic mass is 35.5. The second-order valence-electron chi connectivity index (χ2n) is 6.87. The van der Waals surface area contributed by atoms with E-state index in [4.69, 9.17) is 16.3 Å². The third kappa shape index (κ3) is 5.52. The first-order valence-electron chi connectivity index (χ1n) is 8.38. The van der Waals surface area contributed by atoms with Crippen molar-refractivity contribution in [1.29, 1.82) is 0 Å². The Labute approximate surface area is 150 Å². The van der Waals surface area contributed by atoms with Gasteiger partial charge in [0, 0.05) is 17.1 Å². The molecule has 134 valence electrons. The van der Waals surface area contributed by atoms with E-state index in [0.717, 1.165) is 5.56 Å². The molecule has 0 radical (unpaired) electrons. The fraction of sp³-hybridized carbons (Fsp3) is 0.579. The van der Waals surface area contributed by atoms with E-state index >= 15 is 0 Å². The van der Waals surface area contributed by atoms with Gasteiger partial charge in [0.25, 0.3) is 5.91 Å². The molecule has 0 bridgehead atoms. The highest BCUT2D eigenvalue weighted by Crippen LogP contribution is 2.27. The minimum Gasteiger partial charge on any atom is -0.455 e. The fourth-order valence-corrected chi connectivity index (χ4v) is 3.06. The maximum Gasteiger partial charge on any atom is 0.314 e. The monoisotopic (exact) mass is 353 g/mol. The van der Waals surface area contributed by atoms with Crippen molar-refractivity contribution in [3.63, 3.8) is 0 Å². The van der Waals surface area contributed by atoms with Crippen LogP contribution in [0.15, 0.2) is 24.3 Å². The SMILES string of the molecule is CC(C)[C@H](C(=O)OCC(=O)N(C(C)C)C(C)C)c1ccc(Cl)cc1. The molecule has 4 nitrogen and oxygen atoms in total. The lowest BCUT2D eigenvalue weighted by molar-refractivity contribution is -0.155. The standard InChI is InChI=1S/C19H28ClNO3/c1-12(2)18(15-7-9-16(20)10-8-15)19(23)24-11-17(22)21(13(3)4)14(5)6/h7-10,12-14,18H,11H2,1-6H3/t18-/m0/s1. The van der Waals surface area contributed by atoms with Crippen LogP contribution < -0.4 is 0 Å². The first-order valence-corrected chi connectivity index (χ1v) is 8.76. The van der Waals surface area contributed by atoms with Crippen LogP contribution in [0.5, 0.6) is 0 Å². The zero-order valence-electron chi connectivity index (χ0n) is 15.4. The summed E-state index contributed by atoms with van der Waals surface area (Å²) in [7, 11) is 0. The zero-order valence-corrected chi connectivity index (χ0v) is 16.1. The van der Waals surface area contributed by atoms with Gasteiger partial charge < -0.3 is 9.64 Å².